The second kappa shape index (κ2) is 3.94. The van der Waals surface area contributed by atoms with Gasteiger partial charge in [0.2, 0.25) is 0 Å². The van der Waals surface area contributed by atoms with Crippen molar-refractivity contribution in [3.63, 3.8) is 0 Å². The predicted octanol–water partition coefficient (Wildman–Crippen LogP) is 1.59. The van der Waals surface area contributed by atoms with Crippen LogP contribution in [0, 0.1) is 0 Å². The van der Waals surface area contributed by atoms with Gasteiger partial charge < -0.3 is 9.47 Å². The molecule has 1 saturated heterocycles. The number of hydrogen-bond acceptors (Lipinski definition) is 2. The lowest BCUT2D eigenvalue weighted by atomic mass is 10.2. The normalized spacial score (nSPS) is 33.0. The summed E-state index contributed by atoms with van der Waals surface area (Å²) in [5, 5.41) is 0. The minimum absolute atomic E-state index is 0.370. The van der Waals surface area contributed by atoms with E-state index in [0.29, 0.717) is 12.2 Å². The average Bonchev–Trinajstić information content (AvgIpc) is 2.37. The fourth-order valence-electron chi connectivity index (χ4n) is 1.39. The summed E-state index contributed by atoms with van der Waals surface area (Å²) < 4.78 is 10.6. The van der Waals surface area contributed by atoms with Crippen molar-refractivity contribution >= 4 is 0 Å². The van der Waals surface area contributed by atoms with Crippen molar-refractivity contribution in [2.24, 2.45) is 0 Å². The summed E-state index contributed by atoms with van der Waals surface area (Å²) in [6.07, 6.45) is 4.40. The highest BCUT2D eigenvalue weighted by Gasteiger charge is 2.22. The number of rotatable bonds is 3. The lowest BCUT2D eigenvalue weighted by molar-refractivity contribution is -0.00234. The van der Waals surface area contributed by atoms with Crippen LogP contribution in [0.2, 0.25) is 0 Å². The van der Waals surface area contributed by atoms with Gasteiger partial charge in [-0.25, -0.2) is 0 Å². The number of hydrogen-bond donors (Lipinski definition) is 0. The first-order chi connectivity index (χ1) is 4.86. The van der Waals surface area contributed by atoms with Crippen molar-refractivity contribution in [1.29, 1.82) is 0 Å². The maximum absolute atomic E-state index is 5.63. The predicted molar refractivity (Wildman–Crippen MR) is 40.1 cm³/mol. The van der Waals surface area contributed by atoms with E-state index in [4.69, 9.17) is 9.47 Å². The van der Waals surface area contributed by atoms with Gasteiger partial charge in [-0.15, -0.1) is 0 Å². The molecule has 0 aromatic carbocycles. The molecule has 10 heavy (non-hydrogen) atoms. The zero-order valence-corrected chi connectivity index (χ0v) is 6.80. The highest BCUT2D eigenvalue weighted by Crippen LogP contribution is 2.21. The molecule has 60 valence electrons. The average molecular weight is 144 g/mol. The maximum atomic E-state index is 5.63. The Morgan fingerprint density at radius 2 is 2.10 bits per heavy atom. The summed E-state index contributed by atoms with van der Waals surface area (Å²) in [6, 6.07) is 0. The van der Waals surface area contributed by atoms with Crippen molar-refractivity contribution in [2.45, 2.75) is 38.4 Å². The fraction of sp³-hybridized carbons (Fsp3) is 1.00. The highest BCUT2D eigenvalue weighted by molar-refractivity contribution is 4.71. The van der Waals surface area contributed by atoms with Crippen molar-refractivity contribution in [3.8, 4) is 0 Å². The molecule has 0 aromatic heterocycles. The molecule has 2 atom stereocenters. The molecule has 1 heterocycles. The molecule has 0 aromatic rings. The van der Waals surface area contributed by atoms with Crippen molar-refractivity contribution < 1.29 is 9.47 Å². The molecular weight excluding hydrogens is 128 g/mol. The topological polar surface area (TPSA) is 18.5 Å². The van der Waals surface area contributed by atoms with Crippen LogP contribution in [-0.2, 0) is 9.47 Å². The van der Waals surface area contributed by atoms with Crippen molar-refractivity contribution in [3.05, 3.63) is 0 Å². The quantitative estimate of drug-likeness (QED) is 0.599. The van der Waals surface area contributed by atoms with Gasteiger partial charge in [0.1, 0.15) is 0 Å². The molecule has 0 unspecified atom stereocenters. The molecule has 0 spiro atoms. The van der Waals surface area contributed by atoms with Crippen LogP contribution in [0.5, 0.6) is 0 Å². The monoisotopic (exact) mass is 144 g/mol. The van der Waals surface area contributed by atoms with E-state index in [1.54, 1.807) is 7.11 Å². The molecule has 1 aliphatic heterocycles. The zero-order valence-electron chi connectivity index (χ0n) is 6.80. The Hall–Kier alpha value is -0.0800. The van der Waals surface area contributed by atoms with E-state index >= 15 is 0 Å². The maximum Gasteiger partial charge on any atom is 0.0813 e. The Balaban J connectivity index is 2.15. The van der Waals surface area contributed by atoms with Gasteiger partial charge in [0, 0.05) is 7.11 Å². The molecule has 0 aliphatic carbocycles. The lowest BCUT2D eigenvalue weighted by Crippen LogP contribution is -2.15. The Bertz CT molecular complexity index is 93.3. The first kappa shape index (κ1) is 8.02. The SMILES string of the molecule is CC[C@@H]1CC[C@H](COC)O1. The van der Waals surface area contributed by atoms with E-state index in [2.05, 4.69) is 6.92 Å². The van der Waals surface area contributed by atoms with Gasteiger partial charge in [-0.2, -0.15) is 0 Å². The first-order valence-electron chi connectivity index (χ1n) is 4.01. The minimum Gasteiger partial charge on any atom is -0.382 e. The largest absolute Gasteiger partial charge is 0.382 e. The van der Waals surface area contributed by atoms with E-state index in [0.717, 1.165) is 13.0 Å². The third-order valence-corrected chi connectivity index (χ3v) is 2.00. The lowest BCUT2D eigenvalue weighted by Gasteiger charge is -2.10. The van der Waals surface area contributed by atoms with Gasteiger partial charge in [0.15, 0.2) is 0 Å². The molecule has 0 amide bonds. The van der Waals surface area contributed by atoms with Crippen LogP contribution in [0.4, 0.5) is 0 Å². The van der Waals surface area contributed by atoms with Crippen molar-refractivity contribution in [2.75, 3.05) is 13.7 Å². The third-order valence-electron chi connectivity index (χ3n) is 2.00. The smallest absolute Gasteiger partial charge is 0.0813 e. The van der Waals surface area contributed by atoms with E-state index in [-0.39, 0.29) is 0 Å². The Labute approximate surface area is 62.5 Å². The highest BCUT2D eigenvalue weighted by atomic mass is 16.5. The van der Waals surface area contributed by atoms with E-state index < -0.39 is 0 Å². The van der Waals surface area contributed by atoms with Crippen LogP contribution in [0.15, 0.2) is 0 Å². The van der Waals surface area contributed by atoms with Crippen LogP contribution in [0.3, 0.4) is 0 Å². The molecule has 2 nitrogen and oxygen atoms in total. The van der Waals surface area contributed by atoms with E-state index in [9.17, 15) is 0 Å². The molecule has 0 radical (unpaired) electrons. The van der Waals surface area contributed by atoms with Gasteiger partial charge in [-0.1, -0.05) is 6.92 Å². The molecule has 0 bridgehead atoms. The molecule has 2 heteroatoms. The summed E-state index contributed by atoms with van der Waals surface area (Å²) in [5.41, 5.74) is 0. The summed E-state index contributed by atoms with van der Waals surface area (Å²) in [6.45, 7) is 2.93. The molecule has 0 N–H and O–H groups in total. The minimum atomic E-state index is 0.370. The second-order valence-electron chi connectivity index (χ2n) is 2.82. The van der Waals surface area contributed by atoms with Gasteiger partial charge in [-0.05, 0) is 19.3 Å². The second-order valence-corrected chi connectivity index (χ2v) is 2.82. The Morgan fingerprint density at radius 1 is 1.40 bits per heavy atom. The van der Waals surface area contributed by atoms with Gasteiger partial charge >= 0.3 is 0 Å². The van der Waals surface area contributed by atoms with Crippen LogP contribution in [0.25, 0.3) is 0 Å². The number of ether oxygens (including phenoxy) is 2. The standard InChI is InChI=1S/C8H16O2/c1-3-7-4-5-8(10-7)6-9-2/h7-8H,3-6H2,1-2H3/t7-,8-/m1/s1. The zero-order chi connectivity index (χ0) is 7.40. The third kappa shape index (κ3) is 1.96. The molecule has 1 rings (SSSR count). The first-order valence-corrected chi connectivity index (χ1v) is 4.01. The molecule has 1 fully saturated rings. The molecule has 0 saturated carbocycles. The Kier molecular flexibility index (Phi) is 3.16. The van der Waals surface area contributed by atoms with E-state index in [1.807, 2.05) is 0 Å². The van der Waals surface area contributed by atoms with Crippen molar-refractivity contribution in [1.82, 2.24) is 0 Å². The van der Waals surface area contributed by atoms with Crippen LogP contribution >= 0.6 is 0 Å². The van der Waals surface area contributed by atoms with Crippen LogP contribution in [-0.4, -0.2) is 25.9 Å². The van der Waals surface area contributed by atoms with Gasteiger partial charge in [0.05, 0.1) is 18.8 Å². The van der Waals surface area contributed by atoms with Crippen LogP contribution in [0.1, 0.15) is 26.2 Å². The van der Waals surface area contributed by atoms with Crippen LogP contribution < -0.4 is 0 Å². The summed E-state index contributed by atoms with van der Waals surface area (Å²) in [7, 11) is 1.72. The summed E-state index contributed by atoms with van der Waals surface area (Å²) in [5.74, 6) is 0. The summed E-state index contributed by atoms with van der Waals surface area (Å²) in [4.78, 5) is 0. The van der Waals surface area contributed by atoms with Gasteiger partial charge in [-0.3, -0.25) is 0 Å². The van der Waals surface area contributed by atoms with Gasteiger partial charge in [0.25, 0.3) is 0 Å². The molecule has 1 aliphatic rings. The molecular formula is C8H16O2. The Morgan fingerprint density at radius 3 is 2.60 bits per heavy atom. The summed E-state index contributed by atoms with van der Waals surface area (Å²) >= 11 is 0. The van der Waals surface area contributed by atoms with E-state index in [1.165, 1.54) is 12.8 Å². The fourth-order valence-corrected chi connectivity index (χ4v) is 1.39. The number of methoxy groups -OCH3 is 1.